The number of hydrogen-bond donors (Lipinski definition) is 2. The maximum atomic E-state index is 13.7. The van der Waals surface area contributed by atoms with Crippen LogP contribution in [0.3, 0.4) is 0 Å². The van der Waals surface area contributed by atoms with Gasteiger partial charge in [-0.05, 0) is 36.5 Å². The van der Waals surface area contributed by atoms with Crippen LogP contribution in [0, 0.1) is 23.5 Å². The molecule has 0 spiro atoms. The molecule has 0 unspecified atom stereocenters. The smallest absolute Gasteiger partial charge is 0.340 e. The molecule has 2 aromatic carbocycles. The van der Waals surface area contributed by atoms with E-state index >= 15 is 0 Å². The Hall–Kier alpha value is -3.39. The van der Waals surface area contributed by atoms with Crippen LogP contribution in [0.2, 0.25) is 0 Å². The molecule has 8 heteroatoms. The van der Waals surface area contributed by atoms with Crippen molar-refractivity contribution in [1.29, 1.82) is 0 Å². The Morgan fingerprint density at radius 2 is 1.74 bits per heavy atom. The molecule has 1 aromatic heterocycles. The molecule has 0 fully saturated rings. The lowest BCUT2D eigenvalue weighted by Crippen LogP contribution is -2.38. The fourth-order valence-electron chi connectivity index (χ4n) is 4.07. The number of aliphatic hydroxyl groups excluding tert-OH is 1. The van der Waals surface area contributed by atoms with Gasteiger partial charge in [0, 0.05) is 37.0 Å². The summed E-state index contributed by atoms with van der Waals surface area (Å²) in [6, 6.07) is 12.5. The average molecular weight is 485 g/mol. The van der Waals surface area contributed by atoms with Gasteiger partial charge in [0.25, 0.3) is 0 Å². The number of esters is 1. The average Bonchev–Trinajstić information content (AvgIpc) is 2.83. The summed E-state index contributed by atoms with van der Waals surface area (Å²) in [5.74, 6) is -3.24. The van der Waals surface area contributed by atoms with E-state index in [1.807, 2.05) is 44.2 Å². The molecular weight excluding hydrogens is 454 g/mol. The number of ether oxygens (including phenoxy) is 1. The number of nitrogens with zero attached hydrogens (tertiary/aromatic N) is 1. The highest BCUT2D eigenvalue weighted by atomic mass is 19.2. The monoisotopic (exact) mass is 484 g/mol. The Bertz CT molecular complexity index is 1170. The minimum absolute atomic E-state index is 0.0406. The van der Waals surface area contributed by atoms with Gasteiger partial charge in [0.1, 0.15) is 6.10 Å². The highest BCUT2D eigenvalue weighted by Gasteiger charge is 2.30. The van der Waals surface area contributed by atoms with E-state index in [0.29, 0.717) is 6.42 Å². The fraction of sp³-hybridized carbons (Fsp3) is 0.370. The third-order valence-electron chi connectivity index (χ3n) is 5.83. The first-order chi connectivity index (χ1) is 16.7. The number of halogens is 2. The third-order valence-corrected chi connectivity index (χ3v) is 5.83. The van der Waals surface area contributed by atoms with Crippen molar-refractivity contribution in [2.24, 2.45) is 11.8 Å². The Labute approximate surface area is 203 Å². The van der Waals surface area contributed by atoms with Crippen molar-refractivity contribution >= 4 is 22.8 Å². The SMILES string of the molecule is CNC(=O)[C@H](CC(C)C)C[C@H](O)[C@H](Cc1ccccc1)OC(=O)c1cnc2cc(F)c(F)cc2c1. The Balaban J connectivity index is 1.84. The zero-order valence-corrected chi connectivity index (χ0v) is 20.0. The van der Waals surface area contributed by atoms with Gasteiger partial charge in [0.2, 0.25) is 5.91 Å². The molecular formula is C27H30F2N2O4. The molecule has 0 aliphatic rings. The molecule has 1 amide bonds. The maximum Gasteiger partial charge on any atom is 0.340 e. The summed E-state index contributed by atoms with van der Waals surface area (Å²) in [4.78, 5) is 29.4. The van der Waals surface area contributed by atoms with Gasteiger partial charge in [-0.15, -0.1) is 0 Å². The van der Waals surface area contributed by atoms with Gasteiger partial charge >= 0.3 is 5.97 Å². The molecule has 3 aromatic rings. The lowest BCUT2D eigenvalue weighted by atomic mass is 9.88. The summed E-state index contributed by atoms with van der Waals surface area (Å²) in [5, 5.41) is 13.9. The van der Waals surface area contributed by atoms with Crippen LogP contribution in [0.4, 0.5) is 8.78 Å². The normalized spacial score (nSPS) is 13.9. The van der Waals surface area contributed by atoms with Crippen LogP contribution in [0.15, 0.2) is 54.7 Å². The molecule has 0 saturated carbocycles. The van der Waals surface area contributed by atoms with Crippen LogP contribution in [-0.4, -0.2) is 41.2 Å². The second-order valence-corrected chi connectivity index (χ2v) is 9.06. The van der Waals surface area contributed by atoms with Gasteiger partial charge in [-0.25, -0.2) is 13.6 Å². The molecule has 35 heavy (non-hydrogen) atoms. The number of fused-ring (bicyclic) bond motifs is 1. The molecule has 3 rings (SSSR count). The minimum Gasteiger partial charge on any atom is -0.456 e. The van der Waals surface area contributed by atoms with Crippen LogP contribution in [0.25, 0.3) is 10.9 Å². The third kappa shape index (κ3) is 7.05. The number of nitrogens with one attached hydrogen (secondary N) is 1. The molecule has 3 atom stereocenters. The molecule has 6 nitrogen and oxygen atoms in total. The standard InChI is InChI=1S/C27H30F2N2O4/c1-16(2)9-19(26(33)30-3)13-24(32)25(10-17-7-5-4-6-8-17)35-27(34)20-11-18-12-21(28)22(29)14-23(18)31-15-20/h4-8,11-12,14-16,19,24-25,32H,9-10,13H2,1-3H3,(H,30,33)/t19-,24+,25+/m1/s1. The van der Waals surface area contributed by atoms with Crippen molar-refractivity contribution in [2.75, 3.05) is 7.05 Å². The first-order valence-electron chi connectivity index (χ1n) is 11.6. The minimum atomic E-state index is -1.11. The number of aromatic nitrogens is 1. The second kappa shape index (κ2) is 11.8. The number of pyridine rings is 1. The first kappa shape index (κ1) is 26.2. The Morgan fingerprint density at radius 1 is 1.06 bits per heavy atom. The number of carbonyl (C=O) groups excluding carboxylic acids is 2. The molecule has 186 valence electrons. The van der Waals surface area contributed by atoms with E-state index in [-0.39, 0.29) is 41.1 Å². The summed E-state index contributed by atoms with van der Waals surface area (Å²) in [5.41, 5.74) is 1.08. The molecule has 0 aliphatic heterocycles. The van der Waals surface area contributed by atoms with E-state index in [1.54, 1.807) is 7.05 Å². The fourth-order valence-corrected chi connectivity index (χ4v) is 4.07. The van der Waals surface area contributed by atoms with Gasteiger partial charge in [0.15, 0.2) is 11.6 Å². The topological polar surface area (TPSA) is 88.5 Å². The quantitative estimate of drug-likeness (QED) is 0.416. The van der Waals surface area contributed by atoms with Crippen molar-refractivity contribution in [1.82, 2.24) is 10.3 Å². The van der Waals surface area contributed by atoms with Gasteiger partial charge < -0.3 is 15.2 Å². The van der Waals surface area contributed by atoms with Crippen molar-refractivity contribution in [3.8, 4) is 0 Å². The van der Waals surface area contributed by atoms with Crippen molar-refractivity contribution in [3.63, 3.8) is 0 Å². The number of hydrogen-bond acceptors (Lipinski definition) is 5. The summed E-state index contributed by atoms with van der Waals surface area (Å²) >= 11 is 0. The largest absolute Gasteiger partial charge is 0.456 e. The summed E-state index contributed by atoms with van der Waals surface area (Å²) in [7, 11) is 1.55. The second-order valence-electron chi connectivity index (χ2n) is 9.06. The summed E-state index contributed by atoms with van der Waals surface area (Å²) in [6.07, 6.45) is 0.0873. The van der Waals surface area contributed by atoms with Gasteiger partial charge in [0.05, 0.1) is 17.2 Å². The molecule has 0 aliphatic carbocycles. The van der Waals surface area contributed by atoms with E-state index in [4.69, 9.17) is 4.74 Å². The lowest BCUT2D eigenvalue weighted by molar-refractivity contribution is -0.126. The highest BCUT2D eigenvalue weighted by Crippen LogP contribution is 2.23. The van der Waals surface area contributed by atoms with Gasteiger partial charge in [-0.2, -0.15) is 0 Å². The molecule has 0 bridgehead atoms. The predicted molar refractivity (Wildman–Crippen MR) is 129 cm³/mol. The summed E-state index contributed by atoms with van der Waals surface area (Å²) < 4.78 is 32.8. The van der Waals surface area contributed by atoms with Crippen LogP contribution in [-0.2, 0) is 16.0 Å². The number of benzene rings is 2. The molecule has 2 N–H and O–H groups in total. The van der Waals surface area contributed by atoms with Gasteiger partial charge in [-0.1, -0.05) is 44.2 Å². The van der Waals surface area contributed by atoms with Gasteiger partial charge in [-0.3, -0.25) is 9.78 Å². The van der Waals surface area contributed by atoms with E-state index in [2.05, 4.69) is 10.3 Å². The zero-order valence-electron chi connectivity index (χ0n) is 20.0. The highest BCUT2D eigenvalue weighted by molar-refractivity contribution is 5.93. The van der Waals surface area contributed by atoms with Crippen LogP contribution >= 0.6 is 0 Å². The number of aliphatic hydroxyl groups is 1. The number of rotatable bonds is 10. The number of amides is 1. The van der Waals surface area contributed by atoms with Crippen LogP contribution < -0.4 is 5.32 Å². The molecule has 0 saturated heterocycles. The van der Waals surface area contributed by atoms with E-state index < -0.39 is 35.7 Å². The predicted octanol–water partition coefficient (Wildman–Crippen LogP) is 4.44. The van der Waals surface area contributed by atoms with E-state index in [1.165, 1.54) is 12.3 Å². The van der Waals surface area contributed by atoms with Crippen molar-refractivity contribution in [2.45, 2.75) is 45.3 Å². The Morgan fingerprint density at radius 3 is 2.40 bits per heavy atom. The van der Waals surface area contributed by atoms with Crippen molar-refractivity contribution < 1.29 is 28.2 Å². The molecule has 1 heterocycles. The van der Waals surface area contributed by atoms with Crippen LogP contribution in [0.5, 0.6) is 0 Å². The number of carbonyl (C=O) groups is 2. The lowest BCUT2D eigenvalue weighted by Gasteiger charge is -2.27. The van der Waals surface area contributed by atoms with Crippen molar-refractivity contribution in [3.05, 3.63) is 77.5 Å². The first-order valence-corrected chi connectivity index (χ1v) is 11.6. The van der Waals surface area contributed by atoms with E-state index in [0.717, 1.165) is 17.7 Å². The van der Waals surface area contributed by atoms with E-state index in [9.17, 15) is 23.5 Å². The zero-order chi connectivity index (χ0) is 25.5. The Kier molecular flexibility index (Phi) is 8.87. The maximum absolute atomic E-state index is 13.7. The molecule has 0 radical (unpaired) electrons. The van der Waals surface area contributed by atoms with Crippen LogP contribution in [0.1, 0.15) is 42.6 Å². The summed E-state index contributed by atoms with van der Waals surface area (Å²) in [6.45, 7) is 3.98.